The monoisotopic (exact) mass is 492 g/mol. The van der Waals surface area contributed by atoms with Crippen molar-refractivity contribution in [2.75, 3.05) is 0 Å². The van der Waals surface area contributed by atoms with Gasteiger partial charge in [-0.2, -0.15) is 0 Å². The van der Waals surface area contributed by atoms with Crippen LogP contribution in [0.1, 0.15) is 27.0 Å². The Morgan fingerprint density at radius 2 is 1.60 bits per heavy atom. The third kappa shape index (κ3) is 5.63. The fourth-order valence-electron chi connectivity index (χ4n) is 3.42. The molecule has 0 radical (unpaired) electrons. The normalized spacial score (nSPS) is 11.0. The van der Waals surface area contributed by atoms with Gasteiger partial charge in [0, 0.05) is 36.1 Å². The quantitative estimate of drug-likeness (QED) is 0.392. The van der Waals surface area contributed by atoms with E-state index < -0.39 is 32.5 Å². The Balaban J connectivity index is 1.59. The average Bonchev–Trinajstić information content (AvgIpc) is 3.35. The van der Waals surface area contributed by atoms with Gasteiger partial charge in [0.2, 0.25) is 10.0 Å². The topological polar surface area (TPSA) is 88.4 Å². The molecule has 0 bridgehead atoms. The molecule has 9 heteroatoms. The summed E-state index contributed by atoms with van der Waals surface area (Å²) in [7, 11) is -4.14. The van der Waals surface area contributed by atoms with Crippen molar-refractivity contribution in [1.82, 2.24) is 9.29 Å². The number of carboxylic acid groups (broad SMARTS) is 1. The first kappa shape index (κ1) is 23.9. The minimum Gasteiger partial charge on any atom is -0.478 e. The predicted octanol–water partition coefficient (Wildman–Crippen LogP) is 4.33. The van der Waals surface area contributed by atoms with Crippen molar-refractivity contribution in [1.29, 1.82) is 0 Å². The summed E-state index contributed by atoms with van der Waals surface area (Å²) in [5.74, 6) is 2.91. The lowest BCUT2D eigenvalue weighted by atomic mass is 10.1. The van der Waals surface area contributed by atoms with E-state index in [0.29, 0.717) is 28.4 Å². The number of para-hydroxylation sites is 1. The SMILES string of the molecule is O=C(O)c1cccc(C#Cc2cccc(CNS(=O)(=O)c3cc(F)cc(F)c3)c2)c1-n1cccc1. The maximum Gasteiger partial charge on any atom is 0.337 e. The Morgan fingerprint density at radius 3 is 2.29 bits per heavy atom. The lowest BCUT2D eigenvalue weighted by Gasteiger charge is -2.10. The molecule has 6 nitrogen and oxygen atoms in total. The number of hydrogen-bond donors (Lipinski definition) is 2. The zero-order valence-electron chi connectivity index (χ0n) is 18.1. The molecule has 0 fully saturated rings. The van der Waals surface area contributed by atoms with Crippen LogP contribution in [0.4, 0.5) is 8.78 Å². The molecule has 1 heterocycles. The summed E-state index contributed by atoms with van der Waals surface area (Å²) in [6.07, 6.45) is 3.45. The van der Waals surface area contributed by atoms with Crippen LogP contribution in [-0.4, -0.2) is 24.1 Å². The lowest BCUT2D eigenvalue weighted by Crippen LogP contribution is -2.23. The van der Waals surface area contributed by atoms with Gasteiger partial charge >= 0.3 is 5.97 Å². The number of sulfonamides is 1. The van der Waals surface area contributed by atoms with E-state index in [2.05, 4.69) is 16.6 Å². The van der Waals surface area contributed by atoms with Crippen LogP contribution in [0.5, 0.6) is 0 Å². The molecule has 0 saturated heterocycles. The Kier molecular flexibility index (Phi) is 6.78. The minimum absolute atomic E-state index is 0.102. The highest BCUT2D eigenvalue weighted by molar-refractivity contribution is 7.89. The summed E-state index contributed by atoms with van der Waals surface area (Å²) in [6.45, 7) is -0.126. The number of hydrogen-bond acceptors (Lipinski definition) is 3. The van der Waals surface area contributed by atoms with Crippen LogP contribution in [0.25, 0.3) is 5.69 Å². The zero-order valence-corrected chi connectivity index (χ0v) is 18.9. The van der Waals surface area contributed by atoms with Gasteiger partial charge in [0.05, 0.1) is 16.1 Å². The number of benzene rings is 3. The molecule has 0 unspecified atom stereocenters. The standard InChI is InChI=1S/C26H18F2N2O4S/c27-21-14-22(28)16-23(15-21)35(33,34)29-17-19-6-3-5-18(13-19)9-10-20-7-4-8-24(26(31)32)25(20)30-11-1-2-12-30/h1-8,11-16,29H,17H2,(H,31,32). The third-order valence-electron chi connectivity index (χ3n) is 5.01. The second kappa shape index (κ2) is 9.93. The zero-order chi connectivity index (χ0) is 25.0. The molecule has 0 spiro atoms. The second-order valence-corrected chi connectivity index (χ2v) is 9.24. The van der Waals surface area contributed by atoms with E-state index in [1.54, 1.807) is 65.5 Å². The Labute approximate surface area is 200 Å². The molecule has 4 aromatic rings. The second-order valence-electron chi connectivity index (χ2n) is 7.48. The van der Waals surface area contributed by atoms with Gasteiger partial charge < -0.3 is 9.67 Å². The van der Waals surface area contributed by atoms with E-state index in [-0.39, 0.29) is 12.1 Å². The van der Waals surface area contributed by atoms with Crippen LogP contribution in [0.3, 0.4) is 0 Å². The minimum atomic E-state index is -4.14. The number of aromatic nitrogens is 1. The number of aromatic carboxylic acids is 1. The van der Waals surface area contributed by atoms with Crippen molar-refractivity contribution < 1.29 is 27.1 Å². The van der Waals surface area contributed by atoms with Gasteiger partial charge in [-0.1, -0.05) is 30.0 Å². The molecule has 35 heavy (non-hydrogen) atoms. The third-order valence-corrected chi connectivity index (χ3v) is 6.39. The van der Waals surface area contributed by atoms with E-state index in [9.17, 15) is 27.1 Å². The lowest BCUT2D eigenvalue weighted by molar-refractivity contribution is 0.0697. The summed E-state index contributed by atoms with van der Waals surface area (Å²) < 4.78 is 55.6. The molecule has 0 atom stereocenters. The first-order valence-corrected chi connectivity index (χ1v) is 11.8. The Hall–Kier alpha value is -4.26. The first-order chi connectivity index (χ1) is 16.7. The molecule has 0 saturated carbocycles. The van der Waals surface area contributed by atoms with Crippen molar-refractivity contribution in [3.8, 4) is 17.5 Å². The van der Waals surface area contributed by atoms with E-state index in [1.165, 1.54) is 6.07 Å². The van der Waals surface area contributed by atoms with Crippen LogP contribution >= 0.6 is 0 Å². The Bertz CT molecular complexity index is 1550. The van der Waals surface area contributed by atoms with Gasteiger partial charge in [-0.3, -0.25) is 0 Å². The molecule has 1 aromatic heterocycles. The van der Waals surface area contributed by atoms with Crippen molar-refractivity contribution in [2.24, 2.45) is 0 Å². The highest BCUT2D eigenvalue weighted by Crippen LogP contribution is 2.20. The molecule has 4 rings (SSSR count). The van der Waals surface area contributed by atoms with E-state index >= 15 is 0 Å². The van der Waals surface area contributed by atoms with Crippen molar-refractivity contribution in [3.63, 3.8) is 0 Å². The maximum absolute atomic E-state index is 13.4. The molecular weight excluding hydrogens is 474 g/mol. The van der Waals surface area contributed by atoms with Crippen molar-refractivity contribution in [2.45, 2.75) is 11.4 Å². The van der Waals surface area contributed by atoms with Gasteiger partial charge in [0.15, 0.2) is 0 Å². The van der Waals surface area contributed by atoms with Crippen molar-refractivity contribution >= 4 is 16.0 Å². The molecule has 0 aliphatic rings. The Morgan fingerprint density at radius 1 is 0.914 bits per heavy atom. The van der Waals surface area contributed by atoms with E-state index in [1.807, 2.05) is 0 Å². The number of carboxylic acids is 1. The highest BCUT2D eigenvalue weighted by atomic mass is 32.2. The summed E-state index contributed by atoms with van der Waals surface area (Å²) in [5.41, 5.74) is 2.17. The van der Waals surface area contributed by atoms with Crippen LogP contribution < -0.4 is 4.72 Å². The smallest absolute Gasteiger partial charge is 0.337 e. The molecule has 0 aliphatic carbocycles. The number of carbonyl (C=O) groups is 1. The number of halogens is 2. The molecular formula is C26H18F2N2O4S. The van der Waals surface area contributed by atoms with Crippen LogP contribution in [0, 0.1) is 23.5 Å². The largest absolute Gasteiger partial charge is 0.478 e. The number of rotatable bonds is 6. The summed E-state index contributed by atoms with van der Waals surface area (Å²) in [5, 5.41) is 9.59. The van der Waals surface area contributed by atoms with Gasteiger partial charge in [-0.15, -0.1) is 0 Å². The average molecular weight is 493 g/mol. The number of nitrogens with zero attached hydrogens (tertiary/aromatic N) is 1. The molecule has 2 N–H and O–H groups in total. The van der Waals surface area contributed by atoms with E-state index in [0.717, 1.165) is 12.1 Å². The van der Waals surface area contributed by atoms with Gasteiger partial charge in [0.25, 0.3) is 0 Å². The molecule has 3 aromatic carbocycles. The highest BCUT2D eigenvalue weighted by Gasteiger charge is 2.17. The number of nitrogens with one attached hydrogen (secondary N) is 1. The molecule has 0 aliphatic heterocycles. The summed E-state index contributed by atoms with van der Waals surface area (Å²) in [4.78, 5) is 11.2. The first-order valence-electron chi connectivity index (χ1n) is 10.3. The van der Waals surface area contributed by atoms with Crippen molar-refractivity contribution in [3.05, 3.63) is 119 Å². The fourth-order valence-corrected chi connectivity index (χ4v) is 4.48. The van der Waals surface area contributed by atoms with Gasteiger partial charge in [-0.05, 0) is 54.1 Å². The molecule has 176 valence electrons. The van der Waals surface area contributed by atoms with Crippen LogP contribution in [0.2, 0.25) is 0 Å². The summed E-state index contributed by atoms with van der Waals surface area (Å²) in [6, 6.07) is 17.2. The van der Waals surface area contributed by atoms with Gasteiger partial charge in [0.1, 0.15) is 11.6 Å². The van der Waals surface area contributed by atoms with Crippen LogP contribution in [0.15, 0.2) is 90.1 Å². The molecule has 0 amide bonds. The van der Waals surface area contributed by atoms with Gasteiger partial charge in [-0.25, -0.2) is 26.7 Å². The van der Waals surface area contributed by atoms with E-state index in [4.69, 9.17) is 0 Å². The fraction of sp³-hybridized carbons (Fsp3) is 0.0385. The predicted molar refractivity (Wildman–Crippen MR) is 126 cm³/mol. The van der Waals surface area contributed by atoms with Crippen LogP contribution in [-0.2, 0) is 16.6 Å². The maximum atomic E-state index is 13.4. The summed E-state index contributed by atoms with van der Waals surface area (Å²) >= 11 is 0.